The van der Waals surface area contributed by atoms with E-state index in [-0.39, 0.29) is 29.6 Å². The fourth-order valence-corrected chi connectivity index (χ4v) is 2.64. The predicted octanol–water partition coefficient (Wildman–Crippen LogP) is 4.36. The third-order valence-corrected chi connectivity index (χ3v) is 3.94. The van der Waals surface area contributed by atoms with Crippen molar-refractivity contribution in [1.29, 1.82) is 0 Å². The summed E-state index contributed by atoms with van der Waals surface area (Å²) in [4.78, 5) is 0. The minimum absolute atomic E-state index is 0. The van der Waals surface area contributed by atoms with Crippen molar-refractivity contribution >= 4 is 29.6 Å². The number of quaternary nitrogens is 1. The molecule has 106 valence electrons. The quantitative estimate of drug-likeness (QED) is 0.364. The van der Waals surface area contributed by atoms with Crippen LogP contribution in [0.25, 0.3) is 0 Å². The maximum atomic E-state index is 2.33. The van der Waals surface area contributed by atoms with E-state index in [0.717, 1.165) is 0 Å². The average molecular weight is 266 g/mol. The standard InChI is InChI=1S/C16H36N.Na.H/c1-5-9-13-17(14-10-6-2,15-11-7-3)16-12-8-4;;/h5-16H2,1-4H3;;/q+1;;. The SMILES string of the molecule is CCCC[N+](CCCC)(CCCC)CCCC.[NaH]. The Balaban J connectivity index is 0. The van der Waals surface area contributed by atoms with Gasteiger partial charge in [0.2, 0.25) is 0 Å². The van der Waals surface area contributed by atoms with Gasteiger partial charge in [-0.2, -0.15) is 0 Å². The Morgan fingerprint density at radius 1 is 0.500 bits per heavy atom. The van der Waals surface area contributed by atoms with Crippen molar-refractivity contribution in [3.05, 3.63) is 0 Å². The van der Waals surface area contributed by atoms with E-state index in [0.29, 0.717) is 0 Å². The molecule has 0 aliphatic carbocycles. The molecular weight excluding hydrogens is 229 g/mol. The van der Waals surface area contributed by atoms with E-state index in [2.05, 4.69) is 27.7 Å². The van der Waals surface area contributed by atoms with Gasteiger partial charge >= 0.3 is 29.6 Å². The molecule has 0 bridgehead atoms. The molecule has 1 nitrogen and oxygen atoms in total. The third kappa shape index (κ3) is 9.83. The van der Waals surface area contributed by atoms with Gasteiger partial charge in [0.25, 0.3) is 0 Å². The fourth-order valence-electron chi connectivity index (χ4n) is 2.64. The summed E-state index contributed by atoms with van der Waals surface area (Å²) < 4.78 is 1.42. The molecule has 0 saturated heterocycles. The van der Waals surface area contributed by atoms with Crippen LogP contribution in [0, 0.1) is 0 Å². The van der Waals surface area contributed by atoms with E-state index in [1.165, 1.54) is 82.0 Å². The topological polar surface area (TPSA) is 0 Å². The predicted molar refractivity (Wildman–Crippen MR) is 86.5 cm³/mol. The van der Waals surface area contributed by atoms with Crippen molar-refractivity contribution in [2.24, 2.45) is 0 Å². The van der Waals surface area contributed by atoms with Gasteiger partial charge in [-0.3, -0.25) is 0 Å². The van der Waals surface area contributed by atoms with Crippen LogP contribution in [0.5, 0.6) is 0 Å². The summed E-state index contributed by atoms with van der Waals surface area (Å²) >= 11 is 0. The van der Waals surface area contributed by atoms with E-state index in [9.17, 15) is 0 Å². The average Bonchev–Trinajstić information content (AvgIpc) is 2.37. The molecule has 0 aliphatic rings. The van der Waals surface area contributed by atoms with E-state index >= 15 is 0 Å². The Morgan fingerprint density at radius 2 is 0.722 bits per heavy atom. The van der Waals surface area contributed by atoms with Crippen LogP contribution in [-0.4, -0.2) is 60.2 Å². The third-order valence-electron chi connectivity index (χ3n) is 3.94. The Labute approximate surface area is 139 Å². The number of rotatable bonds is 12. The molecule has 0 aromatic carbocycles. The van der Waals surface area contributed by atoms with E-state index in [1.54, 1.807) is 0 Å². The number of hydrogen-bond acceptors (Lipinski definition) is 0. The summed E-state index contributed by atoms with van der Waals surface area (Å²) in [6.07, 6.45) is 11.1. The monoisotopic (exact) mass is 266 g/mol. The van der Waals surface area contributed by atoms with Gasteiger partial charge in [0.05, 0.1) is 26.2 Å². The second kappa shape index (κ2) is 14.4. The molecule has 0 aliphatic heterocycles. The van der Waals surface area contributed by atoms with Gasteiger partial charge < -0.3 is 4.48 Å². The van der Waals surface area contributed by atoms with Crippen molar-refractivity contribution in [3.63, 3.8) is 0 Å². The number of nitrogens with zero attached hydrogens (tertiary/aromatic N) is 1. The Bertz CT molecular complexity index is 122. The Hall–Kier alpha value is 0.960. The molecule has 0 unspecified atom stereocenters. The molecule has 0 radical (unpaired) electrons. The van der Waals surface area contributed by atoms with E-state index in [4.69, 9.17) is 0 Å². The number of unbranched alkanes of at least 4 members (excludes halogenated alkanes) is 4. The van der Waals surface area contributed by atoms with E-state index < -0.39 is 0 Å². The summed E-state index contributed by atoms with van der Waals surface area (Å²) in [5.74, 6) is 0. The second-order valence-electron chi connectivity index (χ2n) is 5.65. The summed E-state index contributed by atoms with van der Waals surface area (Å²) in [5.41, 5.74) is 0. The van der Waals surface area contributed by atoms with Crippen molar-refractivity contribution in [3.8, 4) is 0 Å². The second-order valence-corrected chi connectivity index (χ2v) is 5.65. The van der Waals surface area contributed by atoms with Crippen molar-refractivity contribution in [2.45, 2.75) is 79.1 Å². The van der Waals surface area contributed by atoms with Gasteiger partial charge in [-0.05, 0) is 25.7 Å². The first-order chi connectivity index (χ1) is 8.24. The zero-order valence-corrected chi connectivity index (χ0v) is 12.9. The normalized spacial score (nSPS) is 11.3. The molecule has 0 spiro atoms. The van der Waals surface area contributed by atoms with Crippen LogP contribution < -0.4 is 0 Å². The maximum absolute atomic E-state index is 2.33. The van der Waals surface area contributed by atoms with Crippen molar-refractivity contribution in [2.75, 3.05) is 26.2 Å². The molecule has 2 heteroatoms. The molecule has 0 amide bonds. The summed E-state index contributed by atoms with van der Waals surface area (Å²) in [6.45, 7) is 15.0. The van der Waals surface area contributed by atoms with Gasteiger partial charge in [0, 0.05) is 0 Å². The molecule has 0 saturated carbocycles. The van der Waals surface area contributed by atoms with Gasteiger partial charge in [-0.1, -0.05) is 53.4 Å². The zero-order chi connectivity index (χ0) is 13.0. The first-order valence-corrected chi connectivity index (χ1v) is 8.09. The molecule has 0 fully saturated rings. The first-order valence-electron chi connectivity index (χ1n) is 8.09. The van der Waals surface area contributed by atoms with Crippen LogP contribution >= 0.6 is 0 Å². The van der Waals surface area contributed by atoms with Crippen LogP contribution in [0.15, 0.2) is 0 Å². The Morgan fingerprint density at radius 3 is 0.889 bits per heavy atom. The van der Waals surface area contributed by atoms with Gasteiger partial charge in [-0.25, -0.2) is 0 Å². The molecule has 0 atom stereocenters. The molecule has 0 heterocycles. The molecule has 0 aromatic heterocycles. The van der Waals surface area contributed by atoms with Gasteiger partial charge in [0.1, 0.15) is 0 Å². The molecule has 0 aromatic rings. The fraction of sp³-hybridized carbons (Fsp3) is 1.00. The van der Waals surface area contributed by atoms with Gasteiger partial charge in [-0.15, -0.1) is 0 Å². The van der Waals surface area contributed by atoms with Gasteiger partial charge in [0.15, 0.2) is 0 Å². The summed E-state index contributed by atoms with van der Waals surface area (Å²) in [5, 5.41) is 0. The molecule has 18 heavy (non-hydrogen) atoms. The van der Waals surface area contributed by atoms with Crippen LogP contribution in [0.3, 0.4) is 0 Å². The number of hydrogen-bond donors (Lipinski definition) is 0. The van der Waals surface area contributed by atoms with Crippen LogP contribution in [0.1, 0.15) is 79.1 Å². The van der Waals surface area contributed by atoms with Crippen LogP contribution in [0.2, 0.25) is 0 Å². The van der Waals surface area contributed by atoms with Crippen LogP contribution in [-0.2, 0) is 0 Å². The Kier molecular flexibility index (Phi) is 17.0. The summed E-state index contributed by atoms with van der Waals surface area (Å²) in [6, 6.07) is 0. The minimum atomic E-state index is 0. The van der Waals surface area contributed by atoms with Crippen LogP contribution in [0.4, 0.5) is 0 Å². The zero-order valence-electron chi connectivity index (χ0n) is 12.9. The van der Waals surface area contributed by atoms with Crippen molar-refractivity contribution < 1.29 is 4.48 Å². The van der Waals surface area contributed by atoms with E-state index in [1.807, 2.05) is 0 Å². The molecular formula is C16H37NNa+. The molecule has 0 N–H and O–H groups in total. The molecule has 0 rings (SSSR count). The van der Waals surface area contributed by atoms with Crippen molar-refractivity contribution in [1.82, 2.24) is 0 Å². The first kappa shape index (κ1) is 21.3. The summed E-state index contributed by atoms with van der Waals surface area (Å²) in [7, 11) is 0.